The zero-order valence-corrected chi connectivity index (χ0v) is 16.2. The number of aliphatic hydroxyl groups excluding tert-OH is 1. The first-order valence-electron chi connectivity index (χ1n) is 8.91. The molecule has 5 N–H and O–H groups in total. The van der Waals surface area contributed by atoms with Gasteiger partial charge in [0.25, 0.3) is 5.91 Å². The number of aliphatic hydroxyl groups is 1. The quantitative estimate of drug-likeness (QED) is 0.564. The molecule has 1 amide bonds. The molecule has 0 spiro atoms. The van der Waals surface area contributed by atoms with E-state index in [9.17, 15) is 18.3 Å². The first kappa shape index (κ1) is 20.0. The smallest absolute Gasteiger partial charge is 0.254 e. The monoisotopic (exact) mass is 405 g/mol. The van der Waals surface area contributed by atoms with Crippen LogP contribution in [0.25, 0.3) is 0 Å². The molecule has 1 heterocycles. The Morgan fingerprint density at radius 2 is 1.96 bits per heavy atom. The maximum atomic E-state index is 11.7. The number of amides is 1. The lowest BCUT2D eigenvalue weighted by atomic mass is 9.93. The molecule has 28 heavy (non-hydrogen) atoms. The number of primary amides is 1. The van der Waals surface area contributed by atoms with E-state index in [2.05, 4.69) is 20.6 Å². The van der Waals surface area contributed by atoms with Gasteiger partial charge < -0.3 is 21.5 Å². The minimum absolute atomic E-state index is 0.0151. The van der Waals surface area contributed by atoms with E-state index in [4.69, 9.17) is 5.73 Å². The molecule has 9 nitrogen and oxygen atoms in total. The number of aromatic nitrogens is 2. The lowest BCUT2D eigenvalue weighted by molar-refractivity contribution is 0.100. The average Bonchev–Trinajstić information content (AvgIpc) is 2.61. The molecule has 150 valence electrons. The Balaban J connectivity index is 1.81. The van der Waals surface area contributed by atoms with E-state index in [-0.39, 0.29) is 28.6 Å². The van der Waals surface area contributed by atoms with Crippen molar-refractivity contribution in [2.45, 2.75) is 42.7 Å². The predicted octanol–water partition coefficient (Wildman–Crippen LogP) is 1.44. The number of nitrogens with one attached hydrogen (secondary N) is 2. The van der Waals surface area contributed by atoms with Crippen molar-refractivity contribution in [3.05, 3.63) is 36.0 Å². The fourth-order valence-electron chi connectivity index (χ4n) is 3.14. The summed E-state index contributed by atoms with van der Waals surface area (Å²) in [6.45, 7) is 0. The van der Waals surface area contributed by atoms with E-state index in [1.165, 1.54) is 18.3 Å². The highest BCUT2D eigenvalue weighted by atomic mass is 32.2. The van der Waals surface area contributed by atoms with Crippen molar-refractivity contribution in [3.8, 4) is 0 Å². The highest BCUT2D eigenvalue weighted by molar-refractivity contribution is 7.90. The van der Waals surface area contributed by atoms with E-state index in [1.54, 1.807) is 12.1 Å². The molecule has 10 heteroatoms. The number of hydrogen-bond donors (Lipinski definition) is 4. The maximum Gasteiger partial charge on any atom is 0.254 e. The Bertz CT molecular complexity index is 962. The van der Waals surface area contributed by atoms with Gasteiger partial charge in [0.15, 0.2) is 9.84 Å². The summed E-state index contributed by atoms with van der Waals surface area (Å²) in [5.74, 6) is -0.115. The Hall–Kier alpha value is -2.72. The van der Waals surface area contributed by atoms with Crippen LogP contribution in [0.4, 0.5) is 17.5 Å². The summed E-state index contributed by atoms with van der Waals surface area (Å²) < 4.78 is 23.1. The van der Waals surface area contributed by atoms with Crippen LogP contribution in [0.5, 0.6) is 0 Å². The van der Waals surface area contributed by atoms with Crippen molar-refractivity contribution in [2.75, 3.05) is 16.9 Å². The van der Waals surface area contributed by atoms with Crippen molar-refractivity contribution in [1.82, 2.24) is 9.97 Å². The Morgan fingerprint density at radius 1 is 1.25 bits per heavy atom. The summed E-state index contributed by atoms with van der Waals surface area (Å²) in [5.41, 5.74) is 6.18. The number of anilines is 3. The molecule has 2 aromatic rings. The lowest BCUT2D eigenvalue weighted by Crippen LogP contribution is -2.31. The highest BCUT2D eigenvalue weighted by Gasteiger charge is 2.22. The lowest BCUT2D eigenvalue weighted by Gasteiger charge is -2.27. The molecular formula is C18H23N5O4S. The zero-order valence-electron chi connectivity index (χ0n) is 15.4. The van der Waals surface area contributed by atoms with Gasteiger partial charge in [0.05, 0.1) is 16.6 Å². The molecule has 0 radical (unpaired) electrons. The Kier molecular flexibility index (Phi) is 5.80. The topological polar surface area (TPSA) is 147 Å². The number of benzene rings is 1. The fraction of sp³-hybridized carbons (Fsp3) is 0.389. The number of sulfone groups is 1. The number of carbonyl (C=O) groups is 1. The molecule has 1 saturated carbocycles. The third-order valence-electron chi connectivity index (χ3n) is 4.58. The molecule has 1 fully saturated rings. The van der Waals surface area contributed by atoms with Crippen molar-refractivity contribution >= 4 is 33.2 Å². The van der Waals surface area contributed by atoms with Gasteiger partial charge >= 0.3 is 0 Å². The van der Waals surface area contributed by atoms with Crippen LogP contribution in [0, 0.1) is 0 Å². The van der Waals surface area contributed by atoms with Gasteiger partial charge in [0.1, 0.15) is 5.82 Å². The minimum Gasteiger partial charge on any atom is -0.393 e. The molecule has 3 rings (SSSR count). The van der Waals surface area contributed by atoms with E-state index in [0.29, 0.717) is 17.9 Å². The van der Waals surface area contributed by atoms with E-state index >= 15 is 0 Å². The molecule has 1 aliphatic rings. The van der Waals surface area contributed by atoms with Crippen molar-refractivity contribution in [1.29, 1.82) is 0 Å². The van der Waals surface area contributed by atoms with Crippen LogP contribution in [0.1, 0.15) is 36.0 Å². The number of nitrogens with zero attached hydrogens (tertiary/aromatic N) is 2. The molecule has 0 bridgehead atoms. The van der Waals surface area contributed by atoms with Crippen LogP contribution in [-0.2, 0) is 9.84 Å². The van der Waals surface area contributed by atoms with E-state index in [1.807, 2.05) is 0 Å². The van der Waals surface area contributed by atoms with Crippen LogP contribution in [0.15, 0.2) is 35.4 Å². The highest BCUT2D eigenvalue weighted by Crippen LogP contribution is 2.24. The van der Waals surface area contributed by atoms with Crippen LogP contribution >= 0.6 is 0 Å². The van der Waals surface area contributed by atoms with Crippen molar-refractivity contribution < 1.29 is 18.3 Å². The van der Waals surface area contributed by atoms with Crippen LogP contribution in [0.3, 0.4) is 0 Å². The molecule has 2 atom stereocenters. The SMILES string of the molecule is CS(=O)(=O)c1ccc(Nc2ncc(C(N)=O)c(NC3CCCC(O)C3)n2)cc1. The average molecular weight is 405 g/mol. The largest absolute Gasteiger partial charge is 0.393 e. The summed E-state index contributed by atoms with van der Waals surface area (Å²) in [5, 5.41) is 16.0. The molecular weight excluding hydrogens is 382 g/mol. The minimum atomic E-state index is -3.28. The number of nitrogens with two attached hydrogens (primary N) is 1. The molecule has 0 saturated heterocycles. The third kappa shape index (κ3) is 4.96. The van der Waals surface area contributed by atoms with Gasteiger partial charge in [-0.25, -0.2) is 13.4 Å². The van der Waals surface area contributed by atoms with Gasteiger partial charge in [-0.15, -0.1) is 0 Å². The van der Waals surface area contributed by atoms with Crippen molar-refractivity contribution in [3.63, 3.8) is 0 Å². The summed E-state index contributed by atoms with van der Waals surface area (Å²) in [6.07, 6.45) is 5.17. The number of rotatable bonds is 6. The van der Waals surface area contributed by atoms with Gasteiger partial charge in [-0.2, -0.15) is 4.98 Å². The molecule has 0 aliphatic heterocycles. The van der Waals surface area contributed by atoms with Gasteiger partial charge in [0, 0.05) is 24.2 Å². The maximum absolute atomic E-state index is 11.7. The first-order valence-corrected chi connectivity index (χ1v) is 10.8. The molecule has 1 aliphatic carbocycles. The first-order chi connectivity index (χ1) is 13.2. The van der Waals surface area contributed by atoms with Gasteiger partial charge in [-0.3, -0.25) is 4.79 Å². The fourth-order valence-corrected chi connectivity index (χ4v) is 3.77. The summed E-state index contributed by atoms with van der Waals surface area (Å²) >= 11 is 0. The third-order valence-corrected chi connectivity index (χ3v) is 5.71. The van der Waals surface area contributed by atoms with Gasteiger partial charge in [-0.1, -0.05) is 0 Å². The number of hydrogen-bond acceptors (Lipinski definition) is 8. The predicted molar refractivity (Wildman–Crippen MR) is 105 cm³/mol. The molecule has 2 unspecified atom stereocenters. The molecule has 1 aromatic heterocycles. The second-order valence-corrected chi connectivity index (χ2v) is 8.92. The van der Waals surface area contributed by atoms with Gasteiger partial charge in [-0.05, 0) is 49.9 Å². The normalized spacial score (nSPS) is 19.8. The van der Waals surface area contributed by atoms with Crippen molar-refractivity contribution in [2.24, 2.45) is 5.73 Å². The second-order valence-electron chi connectivity index (χ2n) is 6.90. The van der Waals surface area contributed by atoms with Crippen LogP contribution < -0.4 is 16.4 Å². The van der Waals surface area contributed by atoms with Crippen LogP contribution in [-0.4, -0.2) is 47.8 Å². The van der Waals surface area contributed by atoms with E-state index < -0.39 is 15.7 Å². The second kappa shape index (κ2) is 8.11. The number of carbonyl (C=O) groups excluding carboxylic acids is 1. The zero-order chi connectivity index (χ0) is 20.3. The summed E-state index contributed by atoms with van der Waals surface area (Å²) in [7, 11) is -3.28. The molecule has 1 aromatic carbocycles. The van der Waals surface area contributed by atoms with Crippen LogP contribution in [0.2, 0.25) is 0 Å². The summed E-state index contributed by atoms with van der Waals surface area (Å²) in [4.78, 5) is 20.4. The Morgan fingerprint density at radius 3 is 2.57 bits per heavy atom. The summed E-state index contributed by atoms with van der Waals surface area (Å²) in [6, 6.07) is 6.16. The van der Waals surface area contributed by atoms with E-state index in [0.717, 1.165) is 25.5 Å². The standard InChI is InChI=1S/C18H23N5O4S/c1-28(26,27)14-7-5-11(6-8-14)22-18-20-10-15(16(19)25)17(23-18)21-12-3-2-4-13(24)9-12/h5-8,10,12-13,24H,2-4,9H2,1H3,(H2,19,25)(H2,20,21,22,23). The van der Waals surface area contributed by atoms with Gasteiger partial charge in [0.2, 0.25) is 5.95 Å². The Labute approximate surface area is 163 Å².